The number of halogens is 1. The second-order valence-electron chi connectivity index (χ2n) is 2.26. The molecular formula is C9H9BrO2. The minimum atomic E-state index is 0.451. The van der Waals surface area contributed by atoms with Gasteiger partial charge in [0, 0.05) is 5.33 Å². The Labute approximate surface area is 79.7 Å². The van der Waals surface area contributed by atoms with Crippen LogP contribution in [-0.2, 0) is 11.2 Å². The van der Waals surface area contributed by atoms with Crippen molar-refractivity contribution < 1.29 is 9.53 Å². The van der Waals surface area contributed by atoms with Crippen LogP contribution in [0.2, 0.25) is 0 Å². The predicted molar refractivity (Wildman–Crippen MR) is 50.6 cm³/mol. The average Bonchev–Trinajstić information content (AvgIpc) is 2.09. The number of hydrogen-bond acceptors (Lipinski definition) is 2. The molecular weight excluding hydrogens is 220 g/mol. The first-order valence-electron chi connectivity index (χ1n) is 3.62. The first-order valence-corrected chi connectivity index (χ1v) is 4.75. The highest BCUT2D eigenvalue weighted by atomic mass is 79.9. The lowest BCUT2D eigenvalue weighted by Crippen LogP contribution is -1.94. The molecule has 0 unspecified atom stereocenters. The van der Waals surface area contributed by atoms with Gasteiger partial charge in [-0.15, -0.1) is 0 Å². The van der Waals surface area contributed by atoms with E-state index in [-0.39, 0.29) is 0 Å². The first kappa shape index (κ1) is 9.26. The Balaban J connectivity index is 2.83. The summed E-state index contributed by atoms with van der Waals surface area (Å²) in [4.78, 5) is 10.1. The fraction of sp³-hybridized carbons (Fsp3) is 0.222. The number of ether oxygens (including phenoxy) is 1. The lowest BCUT2D eigenvalue weighted by Gasteiger charge is -2.03. The van der Waals surface area contributed by atoms with Crippen LogP contribution >= 0.6 is 15.9 Å². The number of carbonyl (C=O) groups is 1. The fourth-order valence-electron chi connectivity index (χ4n) is 0.979. The Morgan fingerprint density at radius 1 is 1.42 bits per heavy atom. The van der Waals surface area contributed by atoms with Gasteiger partial charge in [-0.1, -0.05) is 34.1 Å². The highest BCUT2D eigenvalue weighted by molar-refractivity contribution is 9.09. The van der Waals surface area contributed by atoms with E-state index in [0.29, 0.717) is 12.2 Å². The SMILES string of the molecule is O=COc1ccccc1CCBr. The van der Waals surface area contributed by atoms with E-state index in [0.717, 1.165) is 17.3 Å². The Morgan fingerprint density at radius 3 is 2.83 bits per heavy atom. The monoisotopic (exact) mass is 228 g/mol. The number of alkyl halides is 1. The maximum atomic E-state index is 10.1. The number of rotatable bonds is 4. The van der Waals surface area contributed by atoms with Crippen LogP contribution in [0.4, 0.5) is 0 Å². The Bertz CT molecular complexity index is 260. The van der Waals surface area contributed by atoms with Crippen molar-refractivity contribution >= 4 is 22.4 Å². The third-order valence-corrected chi connectivity index (χ3v) is 1.91. The van der Waals surface area contributed by atoms with Crippen LogP contribution in [0, 0.1) is 0 Å². The van der Waals surface area contributed by atoms with Crippen molar-refractivity contribution in [3.05, 3.63) is 29.8 Å². The van der Waals surface area contributed by atoms with Crippen LogP contribution in [0.15, 0.2) is 24.3 Å². The largest absolute Gasteiger partial charge is 0.428 e. The molecule has 0 aliphatic rings. The van der Waals surface area contributed by atoms with Gasteiger partial charge in [-0.3, -0.25) is 4.79 Å². The first-order chi connectivity index (χ1) is 5.88. The summed E-state index contributed by atoms with van der Waals surface area (Å²) in [7, 11) is 0. The van der Waals surface area contributed by atoms with Crippen molar-refractivity contribution in [2.75, 3.05) is 5.33 Å². The molecule has 12 heavy (non-hydrogen) atoms. The Kier molecular flexibility index (Phi) is 3.80. The minimum Gasteiger partial charge on any atom is -0.428 e. The van der Waals surface area contributed by atoms with Gasteiger partial charge in [-0.25, -0.2) is 0 Å². The third kappa shape index (κ3) is 2.34. The smallest absolute Gasteiger partial charge is 0.298 e. The zero-order valence-electron chi connectivity index (χ0n) is 6.50. The molecule has 0 radical (unpaired) electrons. The number of hydrogen-bond donors (Lipinski definition) is 0. The number of benzene rings is 1. The van der Waals surface area contributed by atoms with E-state index in [9.17, 15) is 4.79 Å². The van der Waals surface area contributed by atoms with E-state index in [2.05, 4.69) is 15.9 Å². The number of para-hydroxylation sites is 1. The van der Waals surface area contributed by atoms with E-state index in [1.807, 2.05) is 18.2 Å². The van der Waals surface area contributed by atoms with Crippen LogP contribution in [0.5, 0.6) is 5.75 Å². The van der Waals surface area contributed by atoms with Gasteiger partial charge in [0.05, 0.1) is 0 Å². The molecule has 0 N–H and O–H groups in total. The van der Waals surface area contributed by atoms with E-state index in [1.54, 1.807) is 6.07 Å². The Morgan fingerprint density at radius 2 is 2.17 bits per heavy atom. The van der Waals surface area contributed by atoms with Crippen molar-refractivity contribution in [3.63, 3.8) is 0 Å². The quantitative estimate of drug-likeness (QED) is 0.584. The summed E-state index contributed by atoms with van der Waals surface area (Å²) in [6.45, 7) is 0.451. The maximum Gasteiger partial charge on any atom is 0.298 e. The fourth-order valence-corrected chi connectivity index (χ4v) is 1.41. The summed E-state index contributed by atoms with van der Waals surface area (Å²) in [5, 5.41) is 0.867. The molecule has 2 nitrogen and oxygen atoms in total. The molecule has 0 bridgehead atoms. The molecule has 1 aromatic rings. The highest BCUT2D eigenvalue weighted by Gasteiger charge is 2.00. The van der Waals surface area contributed by atoms with Crippen molar-refractivity contribution in [1.82, 2.24) is 0 Å². The normalized spacial score (nSPS) is 9.42. The van der Waals surface area contributed by atoms with Crippen LogP contribution in [0.3, 0.4) is 0 Å². The summed E-state index contributed by atoms with van der Waals surface area (Å²) >= 11 is 3.33. The molecule has 1 rings (SSSR count). The van der Waals surface area contributed by atoms with Gasteiger partial charge >= 0.3 is 0 Å². The molecule has 0 heterocycles. The summed E-state index contributed by atoms with van der Waals surface area (Å²) in [6.07, 6.45) is 0.865. The molecule has 64 valence electrons. The van der Waals surface area contributed by atoms with Crippen LogP contribution < -0.4 is 4.74 Å². The summed E-state index contributed by atoms with van der Waals surface area (Å²) in [5.41, 5.74) is 1.04. The van der Waals surface area contributed by atoms with Crippen molar-refractivity contribution in [2.45, 2.75) is 6.42 Å². The minimum absolute atomic E-state index is 0.451. The topological polar surface area (TPSA) is 26.3 Å². The highest BCUT2D eigenvalue weighted by Crippen LogP contribution is 2.18. The predicted octanol–water partition coefficient (Wildman–Crippen LogP) is 2.16. The molecule has 0 spiro atoms. The van der Waals surface area contributed by atoms with Crippen LogP contribution in [0.25, 0.3) is 0 Å². The zero-order valence-corrected chi connectivity index (χ0v) is 8.08. The zero-order chi connectivity index (χ0) is 8.81. The molecule has 1 aromatic carbocycles. The molecule has 0 saturated carbocycles. The molecule has 0 amide bonds. The standard InChI is InChI=1S/C9H9BrO2/c10-6-5-8-3-1-2-4-9(8)12-7-11/h1-4,7H,5-6H2. The molecule has 3 heteroatoms. The van der Waals surface area contributed by atoms with Crippen LogP contribution in [-0.4, -0.2) is 11.8 Å². The summed E-state index contributed by atoms with van der Waals surface area (Å²) < 4.78 is 4.79. The number of aryl methyl sites for hydroxylation is 1. The second-order valence-corrected chi connectivity index (χ2v) is 3.05. The van der Waals surface area contributed by atoms with Crippen molar-refractivity contribution in [1.29, 1.82) is 0 Å². The van der Waals surface area contributed by atoms with Gasteiger partial charge in [0.15, 0.2) is 0 Å². The summed E-state index contributed by atoms with van der Waals surface area (Å²) in [5.74, 6) is 0.645. The average molecular weight is 229 g/mol. The van der Waals surface area contributed by atoms with E-state index < -0.39 is 0 Å². The second kappa shape index (κ2) is 4.93. The van der Waals surface area contributed by atoms with Crippen molar-refractivity contribution in [3.8, 4) is 5.75 Å². The summed E-state index contributed by atoms with van der Waals surface area (Å²) in [6, 6.07) is 7.50. The Hall–Kier alpha value is -0.830. The van der Waals surface area contributed by atoms with Gasteiger partial charge in [-0.2, -0.15) is 0 Å². The van der Waals surface area contributed by atoms with E-state index >= 15 is 0 Å². The molecule has 0 aliphatic carbocycles. The van der Waals surface area contributed by atoms with Crippen molar-refractivity contribution in [2.24, 2.45) is 0 Å². The van der Waals surface area contributed by atoms with E-state index in [4.69, 9.17) is 4.74 Å². The molecule has 0 aromatic heterocycles. The van der Waals surface area contributed by atoms with Gasteiger partial charge < -0.3 is 4.74 Å². The molecule has 0 saturated heterocycles. The molecule has 0 aliphatic heterocycles. The maximum absolute atomic E-state index is 10.1. The van der Waals surface area contributed by atoms with Crippen LogP contribution in [0.1, 0.15) is 5.56 Å². The van der Waals surface area contributed by atoms with Gasteiger partial charge in [0.2, 0.25) is 0 Å². The third-order valence-electron chi connectivity index (χ3n) is 1.51. The lowest BCUT2D eigenvalue weighted by atomic mass is 10.1. The lowest BCUT2D eigenvalue weighted by molar-refractivity contribution is -0.120. The number of carbonyl (C=O) groups excluding carboxylic acids is 1. The van der Waals surface area contributed by atoms with E-state index in [1.165, 1.54) is 0 Å². The molecule has 0 atom stereocenters. The molecule has 0 fully saturated rings. The van der Waals surface area contributed by atoms with Gasteiger partial charge in [0.25, 0.3) is 6.47 Å². The van der Waals surface area contributed by atoms with Gasteiger partial charge in [0.1, 0.15) is 5.75 Å². The van der Waals surface area contributed by atoms with Gasteiger partial charge in [-0.05, 0) is 18.1 Å².